The number of para-hydroxylation sites is 1. The molecule has 3 nitrogen and oxygen atoms in total. The molecule has 4 heteroatoms. The van der Waals surface area contributed by atoms with E-state index in [2.05, 4.69) is 0 Å². The van der Waals surface area contributed by atoms with Gasteiger partial charge in [-0.2, -0.15) is 0 Å². The summed E-state index contributed by atoms with van der Waals surface area (Å²) in [6.45, 7) is 0. The Morgan fingerprint density at radius 1 is 1.50 bits per heavy atom. The van der Waals surface area contributed by atoms with Crippen LogP contribution in [0.1, 0.15) is 12.0 Å². The lowest BCUT2D eigenvalue weighted by atomic mass is 10.1. The molecule has 1 fully saturated rings. The van der Waals surface area contributed by atoms with Crippen LogP contribution in [-0.4, -0.2) is 10.6 Å². The Morgan fingerprint density at radius 3 is 2.71 bits per heavy atom. The van der Waals surface area contributed by atoms with E-state index in [0.717, 1.165) is 18.4 Å². The average Bonchev–Trinajstić information content (AvgIpc) is 2.82. The monoisotopic (exact) mass is 212 g/mol. The van der Waals surface area contributed by atoms with Gasteiger partial charge in [0.15, 0.2) is 0 Å². The second kappa shape index (κ2) is 3.77. The van der Waals surface area contributed by atoms with E-state index in [-0.39, 0.29) is 10.6 Å². The highest BCUT2D eigenvalue weighted by Gasteiger charge is 2.35. The smallest absolute Gasteiger partial charge is 0.0540 e. The van der Waals surface area contributed by atoms with Gasteiger partial charge < -0.3 is 10.4 Å². The zero-order valence-electron chi connectivity index (χ0n) is 7.56. The first-order valence-electron chi connectivity index (χ1n) is 4.56. The first kappa shape index (κ1) is 9.77. The predicted octanol–water partition coefficient (Wildman–Crippen LogP) is 2.55. The molecule has 0 amide bonds. The standard InChI is InChI=1S/C10H11ClNO2/c11-9-6-8(9)5-7-3-1-2-4-10(7)12(13)14/h1-4,8-9,13H,5-6H2/q-1. The van der Waals surface area contributed by atoms with Crippen LogP contribution in [-0.2, 0) is 6.42 Å². The largest absolute Gasteiger partial charge is 0.733 e. The molecule has 2 atom stereocenters. The van der Waals surface area contributed by atoms with Crippen molar-refractivity contribution >= 4 is 17.3 Å². The zero-order valence-corrected chi connectivity index (χ0v) is 8.31. The third kappa shape index (κ3) is 2.00. The van der Waals surface area contributed by atoms with Crippen LogP contribution in [0.5, 0.6) is 0 Å². The molecule has 1 aliphatic carbocycles. The fraction of sp³-hybridized carbons (Fsp3) is 0.400. The molecule has 1 N–H and O–H groups in total. The van der Waals surface area contributed by atoms with Crippen molar-refractivity contribution in [2.75, 3.05) is 5.23 Å². The summed E-state index contributed by atoms with van der Waals surface area (Å²) in [5.74, 6) is 0.456. The molecule has 1 saturated carbocycles. The lowest BCUT2D eigenvalue weighted by molar-refractivity contribution is 0.295. The molecule has 0 bridgehead atoms. The van der Waals surface area contributed by atoms with Crippen LogP contribution in [0.2, 0.25) is 0 Å². The third-order valence-corrected chi connectivity index (χ3v) is 3.05. The molecule has 14 heavy (non-hydrogen) atoms. The summed E-state index contributed by atoms with van der Waals surface area (Å²) < 4.78 is 0. The molecule has 1 aliphatic rings. The molecule has 76 valence electrons. The minimum Gasteiger partial charge on any atom is -0.733 e. The number of hydrogen-bond acceptors (Lipinski definition) is 3. The number of halogens is 1. The molecule has 0 spiro atoms. The van der Waals surface area contributed by atoms with Gasteiger partial charge in [0, 0.05) is 5.38 Å². The minimum atomic E-state index is -0.0824. The van der Waals surface area contributed by atoms with E-state index >= 15 is 0 Å². The van der Waals surface area contributed by atoms with Crippen molar-refractivity contribution in [1.82, 2.24) is 0 Å². The summed E-state index contributed by atoms with van der Waals surface area (Å²) in [5, 5.41) is 19.8. The molecule has 0 radical (unpaired) electrons. The Morgan fingerprint density at radius 2 is 2.14 bits per heavy atom. The fourth-order valence-electron chi connectivity index (χ4n) is 1.57. The molecule has 0 aromatic heterocycles. The van der Waals surface area contributed by atoms with Gasteiger partial charge in [0.2, 0.25) is 0 Å². The van der Waals surface area contributed by atoms with Gasteiger partial charge in [-0.25, -0.2) is 0 Å². The van der Waals surface area contributed by atoms with Crippen LogP contribution in [0.4, 0.5) is 5.69 Å². The normalized spacial score (nSPS) is 24.8. The average molecular weight is 213 g/mol. The van der Waals surface area contributed by atoms with Gasteiger partial charge in [-0.3, -0.25) is 5.21 Å². The van der Waals surface area contributed by atoms with Crippen LogP contribution < -0.4 is 5.23 Å². The van der Waals surface area contributed by atoms with E-state index in [1.165, 1.54) is 0 Å². The Bertz CT molecular complexity index is 330. The maximum absolute atomic E-state index is 10.8. The van der Waals surface area contributed by atoms with Gasteiger partial charge in [-0.1, -0.05) is 18.2 Å². The van der Waals surface area contributed by atoms with Crippen LogP contribution in [0.25, 0.3) is 0 Å². The van der Waals surface area contributed by atoms with E-state index in [4.69, 9.17) is 16.8 Å². The number of alkyl halides is 1. The summed E-state index contributed by atoms with van der Waals surface area (Å²) in [6.07, 6.45) is 1.77. The van der Waals surface area contributed by atoms with Crippen LogP contribution in [0.3, 0.4) is 0 Å². The Balaban J connectivity index is 2.15. The molecule has 2 rings (SSSR count). The quantitative estimate of drug-likeness (QED) is 0.619. The molecule has 0 aliphatic heterocycles. The van der Waals surface area contributed by atoms with Crippen molar-refractivity contribution in [3.8, 4) is 0 Å². The Hall–Kier alpha value is -0.770. The van der Waals surface area contributed by atoms with Gasteiger partial charge in [0.1, 0.15) is 0 Å². The highest BCUT2D eigenvalue weighted by atomic mass is 35.5. The molecule has 0 saturated heterocycles. The summed E-state index contributed by atoms with van der Waals surface area (Å²) in [6, 6.07) is 7.03. The molecule has 0 heterocycles. The maximum Gasteiger partial charge on any atom is 0.0540 e. The van der Waals surface area contributed by atoms with E-state index in [1.54, 1.807) is 12.1 Å². The topological polar surface area (TPSA) is 46.5 Å². The van der Waals surface area contributed by atoms with Crippen LogP contribution in [0.15, 0.2) is 24.3 Å². The molecule has 1 aromatic rings. The van der Waals surface area contributed by atoms with Crippen LogP contribution in [0, 0.1) is 11.1 Å². The highest BCUT2D eigenvalue weighted by molar-refractivity contribution is 6.22. The fourth-order valence-corrected chi connectivity index (χ4v) is 1.89. The Labute approximate surface area is 87.4 Å². The van der Waals surface area contributed by atoms with Crippen molar-refractivity contribution in [2.45, 2.75) is 18.2 Å². The summed E-state index contributed by atoms with van der Waals surface area (Å²) in [4.78, 5) is 0. The van der Waals surface area contributed by atoms with Gasteiger partial charge in [-0.05, 0) is 30.4 Å². The van der Waals surface area contributed by atoms with Crippen molar-refractivity contribution < 1.29 is 5.21 Å². The third-order valence-electron chi connectivity index (χ3n) is 2.52. The number of nitrogens with zero attached hydrogens (tertiary/aromatic N) is 1. The number of hydrogen-bond donors (Lipinski definition) is 1. The molecule has 2 unspecified atom stereocenters. The molecule has 1 aromatic carbocycles. The van der Waals surface area contributed by atoms with Crippen molar-refractivity contribution in [3.05, 3.63) is 35.0 Å². The molecular weight excluding hydrogens is 202 g/mol. The first-order valence-corrected chi connectivity index (χ1v) is 5.00. The minimum absolute atomic E-state index is 0.0824. The van der Waals surface area contributed by atoms with E-state index in [0.29, 0.717) is 11.6 Å². The van der Waals surface area contributed by atoms with E-state index < -0.39 is 0 Å². The van der Waals surface area contributed by atoms with Gasteiger partial charge in [-0.15, -0.1) is 11.6 Å². The predicted molar refractivity (Wildman–Crippen MR) is 55.5 cm³/mol. The van der Waals surface area contributed by atoms with Crippen molar-refractivity contribution in [3.63, 3.8) is 0 Å². The van der Waals surface area contributed by atoms with Crippen molar-refractivity contribution in [1.29, 1.82) is 0 Å². The summed E-state index contributed by atoms with van der Waals surface area (Å²) >= 11 is 5.88. The first-order chi connectivity index (χ1) is 6.68. The summed E-state index contributed by atoms with van der Waals surface area (Å²) in [7, 11) is 0. The van der Waals surface area contributed by atoms with Crippen LogP contribution >= 0.6 is 11.6 Å². The number of rotatable bonds is 3. The lowest BCUT2D eigenvalue weighted by Crippen LogP contribution is -2.10. The second-order valence-corrected chi connectivity index (χ2v) is 4.18. The number of benzene rings is 1. The zero-order chi connectivity index (χ0) is 10.1. The molecular formula is C10H11ClNO2-. The van der Waals surface area contributed by atoms with Gasteiger partial charge >= 0.3 is 0 Å². The Kier molecular flexibility index (Phi) is 2.63. The van der Waals surface area contributed by atoms with E-state index in [9.17, 15) is 5.21 Å². The lowest BCUT2D eigenvalue weighted by Gasteiger charge is -2.24. The van der Waals surface area contributed by atoms with E-state index in [1.807, 2.05) is 12.1 Å². The number of anilines is 1. The maximum atomic E-state index is 10.8. The SMILES string of the molecule is [O-]N(O)c1ccccc1CC1CC1Cl. The van der Waals surface area contributed by atoms with Crippen molar-refractivity contribution in [2.24, 2.45) is 5.92 Å². The summed E-state index contributed by atoms with van der Waals surface area (Å²) in [5.41, 5.74) is 1.18. The second-order valence-electron chi connectivity index (χ2n) is 3.62. The van der Waals surface area contributed by atoms with Gasteiger partial charge in [0.05, 0.1) is 5.69 Å². The van der Waals surface area contributed by atoms with Gasteiger partial charge in [0.25, 0.3) is 0 Å². The highest BCUT2D eigenvalue weighted by Crippen LogP contribution is 2.40.